The van der Waals surface area contributed by atoms with Crippen molar-refractivity contribution in [2.24, 2.45) is 10.2 Å². The van der Waals surface area contributed by atoms with Crippen molar-refractivity contribution >= 4 is 22.0 Å². The number of amides is 1. The lowest BCUT2D eigenvalue weighted by atomic mass is 9.89. The molecule has 9 heteroatoms. The molecule has 2 aliphatic rings. The quantitative estimate of drug-likeness (QED) is 0.608. The second-order valence-electron chi connectivity index (χ2n) is 4.31. The van der Waals surface area contributed by atoms with Gasteiger partial charge in [-0.25, -0.2) is 4.79 Å². The van der Waals surface area contributed by atoms with Gasteiger partial charge in [0.15, 0.2) is 10.4 Å². The maximum absolute atomic E-state index is 11.9. The molecule has 0 bridgehead atoms. The van der Waals surface area contributed by atoms with Crippen LogP contribution in [0.15, 0.2) is 45.8 Å². The highest BCUT2D eigenvalue weighted by atomic mass is 32.2. The molecule has 21 heavy (non-hydrogen) atoms. The molecule has 0 aromatic carbocycles. The summed E-state index contributed by atoms with van der Waals surface area (Å²) in [5, 5.41) is 6.61. The van der Waals surface area contributed by atoms with Gasteiger partial charge in [0, 0.05) is 0 Å². The summed E-state index contributed by atoms with van der Waals surface area (Å²) in [5.41, 5.74) is -0.997. The number of rotatable bonds is 4. The summed E-state index contributed by atoms with van der Waals surface area (Å²) in [7, 11) is -4.73. The second kappa shape index (κ2) is 5.34. The summed E-state index contributed by atoms with van der Waals surface area (Å²) in [5.74, 6) is -1.95. The molecule has 1 amide bonds. The predicted octanol–water partition coefficient (Wildman–Crippen LogP) is 0.939. The SMILES string of the molecule is CCOC(=O)C1=C(C2(S(=O)(=O)O)C=CC=CC2)C(=O)N=N1. The first-order valence-corrected chi connectivity index (χ1v) is 7.47. The van der Waals surface area contributed by atoms with Gasteiger partial charge in [0.2, 0.25) is 0 Å². The summed E-state index contributed by atoms with van der Waals surface area (Å²) in [6.45, 7) is 1.57. The Hall–Kier alpha value is -2.13. The van der Waals surface area contributed by atoms with Gasteiger partial charge in [-0.1, -0.05) is 24.3 Å². The van der Waals surface area contributed by atoms with Crippen molar-refractivity contribution in [2.75, 3.05) is 6.61 Å². The Kier molecular flexibility index (Phi) is 3.88. The van der Waals surface area contributed by atoms with Crippen LogP contribution in [0.25, 0.3) is 0 Å². The lowest BCUT2D eigenvalue weighted by Crippen LogP contribution is -2.41. The van der Waals surface area contributed by atoms with Crippen molar-refractivity contribution in [3.63, 3.8) is 0 Å². The Bertz CT molecular complexity index is 716. The molecule has 1 heterocycles. The topological polar surface area (TPSA) is 122 Å². The molecule has 112 valence electrons. The van der Waals surface area contributed by atoms with E-state index in [9.17, 15) is 22.6 Å². The molecule has 1 aliphatic heterocycles. The minimum absolute atomic E-state index is 0.0218. The first-order valence-electron chi connectivity index (χ1n) is 6.03. The van der Waals surface area contributed by atoms with Crippen molar-refractivity contribution in [1.29, 1.82) is 0 Å². The number of hydrogen-bond acceptors (Lipinski definition) is 6. The maximum Gasteiger partial charge on any atom is 0.359 e. The van der Waals surface area contributed by atoms with Crippen molar-refractivity contribution in [1.82, 2.24) is 0 Å². The van der Waals surface area contributed by atoms with E-state index in [-0.39, 0.29) is 13.0 Å². The molecule has 1 unspecified atom stereocenters. The summed E-state index contributed by atoms with van der Waals surface area (Å²) in [6, 6.07) is 0. The third kappa shape index (κ3) is 2.45. The van der Waals surface area contributed by atoms with Crippen LogP contribution in [0, 0.1) is 0 Å². The van der Waals surface area contributed by atoms with Gasteiger partial charge >= 0.3 is 5.97 Å². The molecule has 0 saturated heterocycles. The van der Waals surface area contributed by atoms with Gasteiger partial charge in [-0.2, -0.15) is 8.42 Å². The number of ether oxygens (including phenoxy) is 1. The monoisotopic (exact) mass is 312 g/mol. The number of azo groups is 1. The lowest BCUT2D eigenvalue weighted by Gasteiger charge is -2.27. The number of nitrogens with zero attached hydrogens (tertiary/aromatic N) is 2. The van der Waals surface area contributed by atoms with E-state index in [1.165, 1.54) is 12.2 Å². The molecular formula is C12H12N2O6S. The molecule has 8 nitrogen and oxygen atoms in total. The number of esters is 1. The van der Waals surface area contributed by atoms with Gasteiger partial charge in [-0.05, 0) is 13.3 Å². The average molecular weight is 312 g/mol. The predicted molar refractivity (Wildman–Crippen MR) is 70.7 cm³/mol. The van der Waals surface area contributed by atoms with Crippen LogP contribution in [-0.4, -0.2) is 36.2 Å². The molecule has 0 radical (unpaired) electrons. The molecule has 1 atom stereocenters. The van der Waals surface area contributed by atoms with Crippen LogP contribution in [0.2, 0.25) is 0 Å². The molecule has 0 fully saturated rings. The third-order valence-corrected chi connectivity index (χ3v) is 4.50. The van der Waals surface area contributed by atoms with Gasteiger partial charge in [0.25, 0.3) is 16.0 Å². The lowest BCUT2D eigenvalue weighted by molar-refractivity contribution is -0.138. The normalized spacial score (nSPS) is 24.8. The molecule has 1 N–H and O–H groups in total. The molecule has 0 aromatic heterocycles. The zero-order valence-corrected chi connectivity index (χ0v) is 11.8. The first kappa shape index (κ1) is 15.3. The van der Waals surface area contributed by atoms with E-state index >= 15 is 0 Å². The highest BCUT2D eigenvalue weighted by molar-refractivity contribution is 7.87. The minimum Gasteiger partial charge on any atom is -0.461 e. The fourth-order valence-electron chi connectivity index (χ4n) is 2.13. The van der Waals surface area contributed by atoms with E-state index in [0.717, 1.165) is 6.08 Å². The van der Waals surface area contributed by atoms with E-state index in [1.54, 1.807) is 13.0 Å². The van der Waals surface area contributed by atoms with Crippen molar-refractivity contribution < 1.29 is 27.3 Å². The molecular weight excluding hydrogens is 300 g/mol. The summed E-state index contributed by atoms with van der Waals surface area (Å²) in [4.78, 5) is 23.7. The van der Waals surface area contributed by atoms with Crippen molar-refractivity contribution in [2.45, 2.75) is 18.1 Å². The Labute approximate surface area is 120 Å². The second-order valence-corrected chi connectivity index (χ2v) is 5.98. The van der Waals surface area contributed by atoms with Crippen molar-refractivity contribution in [3.05, 3.63) is 35.6 Å². The van der Waals surface area contributed by atoms with Gasteiger partial charge in [-0.15, -0.1) is 10.2 Å². The maximum atomic E-state index is 11.9. The number of allylic oxidation sites excluding steroid dienone is 3. The fourth-order valence-corrected chi connectivity index (χ4v) is 3.13. The van der Waals surface area contributed by atoms with Crippen LogP contribution >= 0.6 is 0 Å². The minimum atomic E-state index is -4.73. The number of hydrogen-bond donors (Lipinski definition) is 1. The van der Waals surface area contributed by atoms with Crippen LogP contribution in [0.1, 0.15) is 13.3 Å². The van der Waals surface area contributed by atoms with E-state index in [1.807, 2.05) is 0 Å². The van der Waals surface area contributed by atoms with Gasteiger partial charge in [0.1, 0.15) is 0 Å². The zero-order chi connectivity index (χ0) is 15.7. The fraction of sp³-hybridized carbons (Fsp3) is 0.333. The molecule has 0 saturated carbocycles. The van der Waals surface area contributed by atoms with E-state index < -0.39 is 38.0 Å². The van der Waals surface area contributed by atoms with Crippen LogP contribution in [0.5, 0.6) is 0 Å². The van der Waals surface area contributed by atoms with Crippen molar-refractivity contribution in [3.8, 4) is 0 Å². The highest BCUT2D eigenvalue weighted by Crippen LogP contribution is 2.39. The van der Waals surface area contributed by atoms with Crippen LogP contribution in [-0.2, 0) is 24.4 Å². The van der Waals surface area contributed by atoms with Crippen LogP contribution in [0.3, 0.4) is 0 Å². The number of carbonyl (C=O) groups is 2. The standard InChI is InChI=1S/C12H12N2O6S/c1-2-20-11(16)9-8(10(15)14-13-9)12(21(17,18)19)6-4-3-5-7-12/h3-6H,2,7H2,1H3,(H,17,18,19). The molecule has 1 aliphatic carbocycles. The highest BCUT2D eigenvalue weighted by Gasteiger charge is 2.51. The van der Waals surface area contributed by atoms with Gasteiger partial charge < -0.3 is 4.74 Å². The Balaban J connectivity index is 2.66. The summed E-state index contributed by atoms with van der Waals surface area (Å²) >= 11 is 0. The summed E-state index contributed by atoms with van der Waals surface area (Å²) < 4.78 is 35.8. The third-order valence-electron chi connectivity index (χ3n) is 3.08. The Morgan fingerprint density at radius 2 is 2.14 bits per heavy atom. The molecule has 0 spiro atoms. The van der Waals surface area contributed by atoms with Gasteiger partial charge in [-0.3, -0.25) is 9.35 Å². The molecule has 2 rings (SSSR count). The number of carbonyl (C=O) groups excluding carboxylic acids is 2. The Morgan fingerprint density at radius 1 is 1.43 bits per heavy atom. The zero-order valence-electron chi connectivity index (χ0n) is 11.0. The first-order chi connectivity index (χ1) is 9.83. The van der Waals surface area contributed by atoms with E-state index in [0.29, 0.717) is 0 Å². The van der Waals surface area contributed by atoms with Crippen LogP contribution < -0.4 is 0 Å². The average Bonchev–Trinajstić information content (AvgIpc) is 2.81. The van der Waals surface area contributed by atoms with E-state index in [2.05, 4.69) is 10.2 Å². The largest absolute Gasteiger partial charge is 0.461 e. The smallest absolute Gasteiger partial charge is 0.359 e. The molecule has 0 aromatic rings. The summed E-state index contributed by atoms with van der Waals surface area (Å²) in [6.07, 6.45) is 5.29. The van der Waals surface area contributed by atoms with Gasteiger partial charge in [0.05, 0.1) is 12.2 Å². The Morgan fingerprint density at radius 3 is 2.67 bits per heavy atom. The van der Waals surface area contributed by atoms with Crippen LogP contribution in [0.4, 0.5) is 0 Å². The van der Waals surface area contributed by atoms with E-state index in [4.69, 9.17) is 4.74 Å².